The van der Waals surface area contributed by atoms with Gasteiger partial charge in [0.05, 0.1) is 0 Å². The van der Waals surface area contributed by atoms with E-state index in [1.54, 1.807) is 17.4 Å². The van der Waals surface area contributed by atoms with Crippen LogP contribution in [0.15, 0.2) is 35.0 Å². The van der Waals surface area contributed by atoms with E-state index in [4.69, 9.17) is 0 Å². The lowest BCUT2D eigenvalue weighted by molar-refractivity contribution is -0.117. The van der Waals surface area contributed by atoms with Crippen LogP contribution >= 0.6 is 11.3 Å². The minimum absolute atomic E-state index is 0.165. The second-order valence-electron chi connectivity index (χ2n) is 4.09. The molecular formula is C14H13FOS. The Morgan fingerprint density at radius 1 is 1.29 bits per heavy atom. The molecule has 3 heteroatoms. The van der Waals surface area contributed by atoms with E-state index in [0.29, 0.717) is 12.8 Å². The van der Waals surface area contributed by atoms with Crippen LogP contribution in [0.5, 0.6) is 0 Å². The minimum atomic E-state index is -0.253. The second kappa shape index (κ2) is 5.23. The highest BCUT2D eigenvalue weighted by atomic mass is 32.1. The lowest BCUT2D eigenvalue weighted by Crippen LogP contribution is -2.07. The van der Waals surface area contributed by atoms with E-state index in [9.17, 15) is 9.18 Å². The molecule has 0 radical (unpaired) electrons. The number of thiophene rings is 1. The van der Waals surface area contributed by atoms with Gasteiger partial charge in [-0.15, -0.1) is 0 Å². The first-order valence-electron chi connectivity index (χ1n) is 5.43. The number of hydrogen-bond donors (Lipinski definition) is 0. The minimum Gasteiger partial charge on any atom is -0.299 e. The fourth-order valence-corrected chi connectivity index (χ4v) is 2.42. The molecule has 1 heterocycles. The maximum absolute atomic E-state index is 12.9. The van der Waals surface area contributed by atoms with Gasteiger partial charge in [0.1, 0.15) is 11.6 Å². The summed E-state index contributed by atoms with van der Waals surface area (Å²) in [5.74, 6) is -0.0883. The van der Waals surface area contributed by atoms with Crippen LogP contribution < -0.4 is 0 Å². The summed E-state index contributed by atoms with van der Waals surface area (Å²) in [6.45, 7) is 1.83. The van der Waals surface area contributed by atoms with Crippen LogP contribution in [0.2, 0.25) is 0 Å². The molecule has 2 rings (SSSR count). The fraction of sp³-hybridized carbons (Fsp3) is 0.214. The number of hydrogen-bond acceptors (Lipinski definition) is 2. The molecule has 0 atom stereocenters. The summed E-state index contributed by atoms with van der Waals surface area (Å²) in [5, 5.41) is 3.95. The van der Waals surface area contributed by atoms with E-state index < -0.39 is 0 Å². The molecule has 0 aliphatic heterocycles. The summed E-state index contributed by atoms with van der Waals surface area (Å²) < 4.78 is 12.9. The van der Waals surface area contributed by atoms with Gasteiger partial charge in [-0.05, 0) is 52.6 Å². The molecule has 1 aromatic heterocycles. The highest BCUT2D eigenvalue weighted by Gasteiger charge is 2.08. The van der Waals surface area contributed by atoms with E-state index in [-0.39, 0.29) is 11.6 Å². The Labute approximate surface area is 104 Å². The Morgan fingerprint density at radius 3 is 2.76 bits per heavy atom. The molecule has 88 valence electrons. The van der Waals surface area contributed by atoms with Crippen molar-refractivity contribution in [1.29, 1.82) is 0 Å². The van der Waals surface area contributed by atoms with Gasteiger partial charge in [-0.2, -0.15) is 11.3 Å². The molecule has 0 aliphatic rings. The molecule has 1 aromatic carbocycles. The number of benzene rings is 1. The van der Waals surface area contributed by atoms with Crippen molar-refractivity contribution in [2.24, 2.45) is 0 Å². The number of carbonyl (C=O) groups is 1. The first kappa shape index (κ1) is 12.0. The van der Waals surface area contributed by atoms with Gasteiger partial charge in [0, 0.05) is 12.8 Å². The smallest absolute Gasteiger partial charge is 0.141 e. The third-order valence-electron chi connectivity index (χ3n) is 2.67. The van der Waals surface area contributed by atoms with Crippen LogP contribution in [0.3, 0.4) is 0 Å². The molecule has 0 amide bonds. The summed E-state index contributed by atoms with van der Waals surface area (Å²) in [4.78, 5) is 11.8. The van der Waals surface area contributed by atoms with E-state index in [1.807, 2.05) is 23.8 Å². The Balaban J connectivity index is 2.03. The zero-order valence-corrected chi connectivity index (χ0v) is 10.4. The van der Waals surface area contributed by atoms with Gasteiger partial charge in [-0.3, -0.25) is 4.79 Å². The molecule has 17 heavy (non-hydrogen) atoms. The third-order valence-corrected chi connectivity index (χ3v) is 3.41. The van der Waals surface area contributed by atoms with Crippen molar-refractivity contribution in [3.05, 3.63) is 57.5 Å². The van der Waals surface area contributed by atoms with E-state index in [0.717, 1.165) is 16.7 Å². The molecule has 0 saturated carbocycles. The third kappa shape index (κ3) is 3.24. The predicted octanol–water partition coefficient (Wildman–Crippen LogP) is 3.55. The summed E-state index contributed by atoms with van der Waals surface area (Å²) >= 11 is 1.59. The van der Waals surface area contributed by atoms with Crippen LogP contribution in [-0.2, 0) is 17.6 Å². The number of Topliss-reactive ketones (excluding diaryl/α,β-unsaturated/α-hetero) is 1. The van der Waals surface area contributed by atoms with E-state index >= 15 is 0 Å². The van der Waals surface area contributed by atoms with Gasteiger partial charge in [-0.1, -0.05) is 6.07 Å². The monoisotopic (exact) mass is 248 g/mol. The molecule has 0 fully saturated rings. The number of aryl methyl sites for hydroxylation is 1. The van der Waals surface area contributed by atoms with Gasteiger partial charge in [0.15, 0.2) is 0 Å². The zero-order chi connectivity index (χ0) is 12.3. The average molecular weight is 248 g/mol. The van der Waals surface area contributed by atoms with Gasteiger partial charge in [0.2, 0.25) is 0 Å². The van der Waals surface area contributed by atoms with E-state index in [2.05, 4.69) is 0 Å². The average Bonchev–Trinajstić information content (AvgIpc) is 2.75. The SMILES string of the molecule is Cc1cc(F)ccc1CC(=O)Cc1ccsc1. The summed E-state index contributed by atoms with van der Waals surface area (Å²) in [7, 11) is 0. The maximum atomic E-state index is 12.9. The lowest BCUT2D eigenvalue weighted by Gasteiger charge is -2.04. The van der Waals surface area contributed by atoms with Crippen molar-refractivity contribution in [2.75, 3.05) is 0 Å². The molecule has 0 N–H and O–H groups in total. The van der Waals surface area contributed by atoms with Crippen molar-refractivity contribution in [3.63, 3.8) is 0 Å². The van der Waals surface area contributed by atoms with Gasteiger partial charge < -0.3 is 0 Å². The molecule has 0 spiro atoms. The van der Waals surface area contributed by atoms with E-state index in [1.165, 1.54) is 12.1 Å². The Kier molecular flexibility index (Phi) is 3.69. The van der Waals surface area contributed by atoms with Crippen molar-refractivity contribution in [3.8, 4) is 0 Å². The van der Waals surface area contributed by atoms with Crippen molar-refractivity contribution in [2.45, 2.75) is 19.8 Å². The fourth-order valence-electron chi connectivity index (χ4n) is 1.75. The first-order chi connectivity index (χ1) is 8.15. The summed E-state index contributed by atoms with van der Waals surface area (Å²) in [6.07, 6.45) is 0.836. The van der Waals surface area contributed by atoms with Crippen LogP contribution in [0.4, 0.5) is 4.39 Å². The molecule has 1 nitrogen and oxygen atoms in total. The molecule has 0 saturated heterocycles. The normalized spacial score (nSPS) is 10.5. The largest absolute Gasteiger partial charge is 0.299 e. The molecular weight excluding hydrogens is 235 g/mol. The zero-order valence-electron chi connectivity index (χ0n) is 9.57. The Morgan fingerprint density at radius 2 is 2.12 bits per heavy atom. The number of carbonyl (C=O) groups excluding carboxylic acids is 1. The van der Waals surface area contributed by atoms with Gasteiger partial charge in [0.25, 0.3) is 0 Å². The van der Waals surface area contributed by atoms with Gasteiger partial charge >= 0.3 is 0 Å². The van der Waals surface area contributed by atoms with Crippen LogP contribution in [0, 0.1) is 12.7 Å². The molecule has 0 aliphatic carbocycles. The number of rotatable bonds is 4. The van der Waals surface area contributed by atoms with Crippen LogP contribution in [0.1, 0.15) is 16.7 Å². The maximum Gasteiger partial charge on any atom is 0.141 e. The summed E-state index contributed by atoms with van der Waals surface area (Å²) in [5.41, 5.74) is 2.80. The lowest BCUT2D eigenvalue weighted by atomic mass is 10.0. The summed E-state index contributed by atoms with van der Waals surface area (Å²) in [6, 6.07) is 6.52. The predicted molar refractivity (Wildman–Crippen MR) is 67.9 cm³/mol. The molecule has 0 bridgehead atoms. The highest BCUT2D eigenvalue weighted by Crippen LogP contribution is 2.13. The van der Waals surface area contributed by atoms with Crippen LogP contribution in [-0.4, -0.2) is 5.78 Å². The standard InChI is InChI=1S/C14H13FOS/c1-10-6-13(15)3-2-12(10)8-14(16)7-11-4-5-17-9-11/h2-6,9H,7-8H2,1H3. The quantitative estimate of drug-likeness (QED) is 0.808. The molecule has 0 unspecified atom stereocenters. The van der Waals surface area contributed by atoms with Gasteiger partial charge in [-0.25, -0.2) is 4.39 Å². The van der Waals surface area contributed by atoms with Crippen molar-refractivity contribution < 1.29 is 9.18 Å². The van der Waals surface area contributed by atoms with Crippen molar-refractivity contribution in [1.82, 2.24) is 0 Å². The highest BCUT2D eigenvalue weighted by molar-refractivity contribution is 7.07. The number of ketones is 1. The topological polar surface area (TPSA) is 17.1 Å². The molecule has 2 aromatic rings. The number of halogens is 1. The van der Waals surface area contributed by atoms with Crippen LogP contribution in [0.25, 0.3) is 0 Å². The second-order valence-corrected chi connectivity index (χ2v) is 4.87. The Bertz CT molecular complexity index is 517. The van der Waals surface area contributed by atoms with Crippen molar-refractivity contribution >= 4 is 17.1 Å². The first-order valence-corrected chi connectivity index (χ1v) is 6.37. The Hall–Kier alpha value is -1.48.